The van der Waals surface area contributed by atoms with Crippen LogP contribution < -0.4 is 10.9 Å². The van der Waals surface area contributed by atoms with Gasteiger partial charge in [-0.1, -0.05) is 30.3 Å². The minimum atomic E-state index is -0.0760. The lowest BCUT2D eigenvalue weighted by molar-refractivity contribution is 0.546. The second-order valence-electron chi connectivity index (χ2n) is 6.92. The fraction of sp³-hybridized carbons (Fsp3) is 0.250. The van der Waals surface area contributed by atoms with Gasteiger partial charge in [0.05, 0.1) is 17.8 Å². The molecular weight excluding hydrogens is 358 g/mol. The van der Waals surface area contributed by atoms with E-state index in [4.69, 9.17) is 4.98 Å². The van der Waals surface area contributed by atoms with Crippen LogP contribution in [-0.4, -0.2) is 26.7 Å². The summed E-state index contributed by atoms with van der Waals surface area (Å²) in [4.78, 5) is 21.6. The van der Waals surface area contributed by atoms with E-state index in [1.165, 1.54) is 16.9 Å². The molecule has 3 N–H and O–H groups in total. The zero-order valence-corrected chi connectivity index (χ0v) is 15.6. The van der Waals surface area contributed by atoms with Crippen molar-refractivity contribution in [3.63, 3.8) is 0 Å². The summed E-state index contributed by atoms with van der Waals surface area (Å²) in [5, 5.41) is 10.5. The quantitative estimate of drug-likeness (QED) is 0.510. The van der Waals surface area contributed by atoms with Crippen LogP contribution in [0.3, 0.4) is 0 Å². The number of thiophene rings is 1. The Morgan fingerprint density at radius 1 is 1.22 bits per heavy atom. The third kappa shape index (κ3) is 2.79. The molecule has 3 aromatic heterocycles. The van der Waals surface area contributed by atoms with E-state index in [0.29, 0.717) is 16.4 Å². The highest BCUT2D eigenvalue weighted by atomic mass is 32.1. The van der Waals surface area contributed by atoms with Crippen molar-refractivity contribution in [3.05, 3.63) is 70.0 Å². The molecular formula is C20H19N5OS. The highest BCUT2D eigenvalue weighted by molar-refractivity contribution is 7.22. The molecule has 27 heavy (non-hydrogen) atoms. The summed E-state index contributed by atoms with van der Waals surface area (Å²) in [6, 6.07) is 12.4. The van der Waals surface area contributed by atoms with Gasteiger partial charge in [0.2, 0.25) is 0 Å². The van der Waals surface area contributed by atoms with Crippen LogP contribution in [0, 0.1) is 6.92 Å². The predicted molar refractivity (Wildman–Crippen MR) is 107 cm³/mol. The Kier molecular flexibility index (Phi) is 3.91. The van der Waals surface area contributed by atoms with Crippen LogP contribution >= 0.6 is 11.3 Å². The van der Waals surface area contributed by atoms with Crippen molar-refractivity contribution in [2.24, 2.45) is 0 Å². The van der Waals surface area contributed by atoms with Gasteiger partial charge in [-0.25, -0.2) is 4.98 Å². The zero-order valence-electron chi connectivity index (χ0n) is 14.8. The number of rotatable bonds is 3. The van der Waals surface area contributed by atoms with Gasteiger partial charge in [-0.05, 0) is 31.5 Å². The van der Waals surface area contributed by atoms with Crippen molar-refractivity contribution >= 4 is 21.6 Å². The molecule has 1 aromatic carbocycles. The number of hydrogen-bond acceptors (Lipinski definition) is 5. The van der Waals surface area contributed by atoms with Crippen molar-refractivity contribution < 1.29 is 0 Å². The van der Waals surface area contributed by atoms with Gasteiger partial charge in [0, 0.05) is 22.1 Å². The van der Waals surface area contributed by atoms with E-state index < -0.39 is 0 Å². The first-order valence-corrected chi connectivity index (χ1v) is 9.85. The third-order valence-electron chi connectivity index (χ3n) is 5.24. The molecule has 1 fully saturated rings. The molecule has 0 spiro atoms. The van der Waals surface area contributed by atoms with E-state index in [1.807, 2.05) is 19.1 Å². The Morgan fingerprint density at radius 3 is 2.85 bits per heavy atom. The van der Waals surface area contributed by atoms with E-state index in [-0.39, 0.29) is 11.6 Å². The molecule has 4 heterocycles. The fourth-order valence-corrected chi connectivity index (χ4v) is 4.95. The second-order valence-corrected chi connectivity index (χ2v) is 7.97. The predicted octanol–water partition coefficient (Wildman–Crippen LogP) is 3.50. The average Bonchev–Trinajstić information content (AvgIpc) is 3.41. The molecule has 1 saturated heterocycles. The lowest BCUT2D eigenvalue weighted by Crippen LogP contribution is -2.23. The summed E-state index contributed by atoms with van der Waals surface area (Å²) in [6.45, 7) is 2.89. The van der Waals surface area contributed by atoms with Crippen LogP contribution in [0.25, 0.3) is 20.7 Å². The first-order chi connectivity index (χ1) is 13.2. The Morgan fingerprint density at radius 2 is 2.07 bits per heavy atom. The van der Waals surface area contributed by atoms with Crippen molar-refractivity contribution in [2.75, 3.05) is 6.54 Å². The summed E-state index contributed by atoms with van der Waals surface area (Å²) >= 11 is 1.46. The molecule has 1 aliphatic heterocycles. The van der Waals surface area contributed by atoms with Crippen LogP contribution in [0.1, 0.15) is 35.5 Å². The van der Waals surface area contributed by atoms with Crippen molar-refractivity contribution in [2.45, 2.75) is 25.3 Å². The topological polar surface area (TPSA) is 86.5 Å². The maximum absolute atomic E-state index is 12.7. The third-order valence-corrected chi connectivity index (χ3v) is 6.40. The number of aromatic nitrogens is 4. The highest BCUT2D eigenvalue weighted by Crippen LogP contribution is 2.37. The monoisotopic (exact) mass is 377 g/mol. The van der Waals surface area contributed by atoms with Crippen LogP contribution in [0.15, 0.2) is 47.4 Å². The van der Waals surface area contributed by atoms with Gasteiger partial charge < -0.3 is 10.3 Å². The molecule has 4 aromatic rings. The Bertz CT molecular complexity index is 1160. The van der Waals surface area contributed by atoms with E-state index in [9.17, 15) is 4.79 Å². The van der Waals surface area contributed by atoms with Crippen molar-refractivity contribution in [3.8, 4) is 10.4 Å². The normalized spacial score (nSPS) is 19.7. The summed E-state index contributed by atoms with van der Waals surface area (Å²) in [5.74, 6) is 1.02. The molecule has 0 radical (unpaired) electrons. The Labute approximate surface area is 159 Å². The van der Waals surface area contributed by atoms with Gasteiger partial charge in [-0.2, -0.15) is 5.10 Å². The molecule has 6 nitrogen and oxygen atoms in total. The van der Waals surface area contributed by atoms with Crippen LogP contribution in [-0.2, 0) is 0 Å². The lowest BCUT2D eigenvalue weighted by Gasteiger charge is -2.19. The molecule has 0 saturated carbocycles. The number of aromatic amines is 2. The van der Waals surface area contributed by atoms with Gasteiger partial charge in [-0.15, -0.1) is 11.3 Å². The number of hydrogen-bond donors (Lipinski definition) is 3. The van der Waals surface area contributed by atoms with E-state index in [2.05, 4.69) is 44.8 Å². The zero-order chi connectivity index (χ0) is 18.4. The number of benzene rings is 1. The smallest absolute Gasteiger partial charge is 0.268 e. The van der Waals surface area contributed by atoms with Crippen molar-refractivity contribution in [1.29, 1.82) is 0 Å². The highest BCUT2D eigenvalue weighted by Gasteiger charge is 2.31. The van der Waals surface area contributed by atoms with Gasteiger partial charge in [0.25, 0.3) is 5.56 Å². The average molecular weight is 377 g/mol. The molecule has 136 valence electrons. The van der Waals surface area contributed by atoms with Crippen LogP contribution in [0.5, 0.6) is 0 Å². The molecule has 7 heteroatoms. The van der Waals surface area contributed by atoms with E-state index >= 15 is 0 Å². The van der Waals surface area contributed by atoms with Gasteiger partial charge in [0.1, 0.15) is 10.5 Å². The van der Waals surface area contributed by atoms with Gasteiger partial charge in [0.15, 0.2) is 0 Å². The number of nitrogens with one attached hydrogen (secondary N) is 3. The molecule has 0 unspecified atom stereocenters. The van der Waals surface area contributed by atoms with Crippen LogP contribution in [0.4, 0.5) is 0 Å². The Hall–Kier alpha value is -2.77. The number of H-pyrrole nitrogens is 2. The summed E-state index contributed by atoms with van der Waals surface area (Å²) in [7, 11) is 0. The number of nitrogens with zero attached hydrogens (tertiary/aromatic N) is 2. The molecule has 0 aliphatic carbocycles. The fourth-order valence-electron chi connectivity index (χ4n) is 3.89. The van der Waals surface area contributed by atoms with E-state index in [1.54, 1.807) is 6.20 Å². The van der Waals surface area contributed by atoms with Crippen LogP contribution in [0.2, 0.25) is 0 Å². The summed E-state index contributed by atoms with van der Waals surface area (Å²) < 4.78 is 0.656. The lowest BCUT2D eigenvalue weighted by atomic mass is 9.91. The SMILES string of the molecule is Cc1[nH]ncc1-c1cc2nc([C@H]3NCC[C@@H]3c3ccccc3)[nH]c(=O)c2s1. The Balaban J connectivity index is 1.58. The molecule has 0 bridgehead atoms. The minimum absolute atomic E-state index is 0.0171. The van der Waals surface area contributed by atoms with Gasteiger partial charge in [-0.3, -0.25) is 9.89 Å². The molecule has 2 atom stereocenters. The summed E-state index contributed by atoms with van der Waals surface area (Å²) in [6.07, 6.45) is 2.82. The van der Waals surface area contributed by atoms with E-state index in [0.717, 1.165) is 34.6 Å². The maximum Gasteiger partial charge on any atom is 0.268 e. The van der Waals surface area contributed by atoms with Gasteiger partial charge >= 0.3 is 0 Å². The minimum Gasteiger partial charge on any atom is -0.308 e. The first-order valence-electron chi connectivity index (χ1n) is 9.03. The van der Waals surface area contributed by atoms with Crippen molar-refractivity contribution in [1.82, 2.24) is 25.5 Å². The maximum atomic E-state index is 12.7. The molecule has 1 aliphatic rings. The molecule has 0 amide bonds. The standard InChI is InChI=1S/C20H19N5OS/c1-11-14(10-22-25-11)16-9-15-18(27-16)20(26)24-19(23-15)17-13(7-8-21-17)12-5-3-2-4-6-12/h2-6,9-10,13,17,21H,7-8H2,1H3,(H,22,25)(H,23,24,26)/t13-,17+/m1/s1. The second kappa shape index (κ2) is 6.44. The molecule has 5 rings (SSSR count). The number of fused-ring (bicyclic) bond motifs is 1. The number of aryl methyl sites for hydroxylation is 1. The first kappa shape index (κ1) is 16.4. The summed E-state index contributed by atoms with van der Waals surface area (Å²) in [5.41, 5.74) is 3.94. The largest absolute Gasteiger partial charge is 0.308 e.